The van der Waals surface area contributed by atoms with Crippen molar-refractivity contribution in [2.75, 3.05) is 0 Å². The predicted octanol–water partition coefficient (Wildman–Crippen LogP) is 16.4. The molecule has 0 aliphatic rings. The minimum Gasteiger partial charge on any atom is -0.226 e. The van der Waals surface area contributed by atoms with Crippen LogP contribution in [0.5, 0.6) is 0 Å². The lowest BCUT2D eigenvalue weighted by Gasteiger charge is -2.05. The Hall–Kier alpha value is -3.68. The van der Waals surface area contributed by atoms with Gasteiger partial charge in [0, 0.05) is 29.6 Å². The van der Waals surface area contributed by atoms with Crippen molar-refractivity contribution in [3.8, 4) is 12.1 Å². The maximum absolute atomic E-state index is 10.0. The summed E-state index contributed by atoms with van der Waals surface area (Å²) >= 11 is 3.40. The second-order valence-corrected chi connectivity index (χ2v) is 19.0. The van der Waals surface area contributed by atoms with Crippen LogP contribution in [-0.2, 0) is 12.8 Å². The van der Waals surface area contributed by atoms with Gasteiger partial charge < -0.3 is 0 Å². The van der Waals surface area contributed by atoms with Crippen LogP contribution in [0.1, 0.15) is 203 Å². The summed E-state index contributed by atoms with van der Waals surface area (Å²) in [4.78, 5) is 9.88. The van der Waals surface area contributed by atoms with Crippen molar-refractivity contribution in [2.45, 2.75) is 206 Å². The highest BCUT2D eigenvalue weighted by Gasteiger charge is 2.17. The molecule has 0 N–H and O–H groups in total. The first-order chi connectivity index (χ1) is 28.6. The fraction of sp³-hybridized carbons (Fsp3) is 0.615. The maximum Gasteiger partial charge on any atom is 0.270 e. The van der Waals surface area contributed by atoms with E-state index in [4.69, 9.17) is 13.1 Å². The number of fused-ring (bicyclic) bond motifs is 5. The fourth-order valence-electron chi connectivity index (χ4n) is 8.58. The number of nitriles is 2. The van der Waals surface area contributed by atoms with Crippen molar-refractivity contribution in [1.29, 1.82) is 10.5 Å². The second kappa shape index (κ2) is 27.9. The van der Waals surface area contributed by atoms with Gasteiger partial charge in [0.1, 0.15) is 0 Å². The lowest BCUT2D eigenvalue weighted by molar-refractivity contribution is 0.536. The molecule has 0 fully saturated rings. The van der Waals surface area contributed by atoms with Gasteiger partial charge in [0.2, 0.25) is 0 Å². The third-order valence-electron chi connectivity index (χ3n) is 12.0. The highest BCUT2D eigenvalue weighted by Crippen LogP contribution is 2.36. The topological polar surface area (TPSA) is 56.3 Å². The SMILES string of the molecule is [C-]#[N+]/C(C#N)=c1/cc2c3cc(CCCCCCCCCCCCCCCC)sc3/c(=C(\C#N)[N+]#[C-])cc2c2cc(CCCCCCCCCCCCCCCC)sc12. The van der Waals surface area contributed by atoms with E-state index in [1.54, 1.807) is 22.7 Å². The minimum absolute atomic E-state index is 0.123. The first-order valence-electron chi connectivity index (χ1n) is 23.3. The Morgan fingerprint density at radius 3 is 0.966 bits per heavy atom. The van der Waals surface area contributed by atoms with Crippen LogP contribution in [0.3, 0.4) is 0 Å². The first-order valence-corrected chi connectivity index (χ1v) is 25.0. The van der Waals surface area contributed by atoms with E-state index in [0.29, 0.717) is 10.4 Å². The van der Waals surface area contributed by atoms with Gasteiger partial charge in [-0.3, -0.25) is 0 Å². The molecule has 0 aliphatic heterocycles. The molecule has 0 unspecified atom stereocenters. The first kappa shape index (κ1) is 47.0. The summed E-state index contributed by atoms with van der Waals surface area (Å²) in [7, 11) is 0. The number of hydrogen-bond donors (Lipinski definition) is 0. The van der Waals surface area contributed by atoms with Crippen LogP contribution in [-0.4, -0.2) is 0 Å². The van der Waals surface area contributed by atoms with E-state index < -0.39 is 0 Å². The van der Waals surface area contributed by atoms with E-state index in [9.17, 15) is 10.5 Å². The molecular weight excluding hydrogens is 745 g/mol. The number of nitrogens with zero attached hydrogens (tertiary/aromatic N) is 4. The van der Waals surface area contributed by atoms with Crippen molar-refractivity contribution in [3.05, 3.63) is 67.3 Å². The Bertz CT molecular complexity index is 1960. The van der Waals surface area contributed by atoms with E-state index in [-0.39, 0.29) is 11.4 Å². The van der Waals surface area contributed by atoms with Crippen molar-refractivity contribution in [1.82, 2.24) is 0 Å². The molecule has 2 aromatic heterocycles. The van der Waals surface area contributed by atoms with Crippen LogP contribution in [0.15, 0.2) is 24.3 Å². The highest BCUT2D eigenvalue weighted by molar-refractivity contribution is 7.19. The van der Waals surface area contributed by atoms with Crippen molar-refractivity contribution in [2.24, 2.45) is 0 Å². The Morgan fingerprint density at radius 2 is 0.707 bits per heavy atom. The molecule has 4 rings (SSSR count). The van der Waals surface area contributed by atoms with Gasteiger partial charge in [-0.1, -0.05) is 193 Å². The Labute approximate surface area is 359 Å². The molecule has 2 aromatic carbocycles. The zero-order valence-electron chi connectivity index (χ0n) is 36.1. The molecule has 0 atom stereocenters. The molecule has 0 radical (unpaired) electrons. The van der Waals surface area contributed by atoms with Gasteiger partial charge in [-0.2, -0.15) is 0 Å². The number of hydrogen-bond acceptors (Lipinski definition) is 4. The highest BCUT2D eigenvalue weighted by atomic mass is 32.1. The quantitative estimate of drug-likeness (QED) is 0.0389. The lowest BCUT2D eigenvalue weighted by Crippen LogP contribution is -2.08. The summed E-state index contributed by atoms with van der Waals surface area (Å²) in [6, 6.07) is 13.0. The summed E-state index contributed by atoms with van der Waals surface area (Å²) in [5.74, 6) is 0. The van der Waals surface area contributed by atoms with Crippen molar-refractivity contribution >= 4 is 65.0 Å². The smallest absolute Gasteiger partial charge is 0.226 e. The third kappa shape index (κ3) is 14.9. The van der Waals surface area contributed by atoms with Crippen LogP contribution in [0, 0.1) is 35.8 Å². The standard InChI is InChI=1S/C52H70N4S2/c1-5-7-9-11-13-15-17-19-21-23-25-27-29-31-33-41-35-45-43-37-48(50(40-54)56-4)52-46(44(43)38-47(51(45)57-41)49(39-53)55-3)36-42(58-52)34-32-30-28-26-24-22-20-18-16-14-12-10-8-6-2/h35-38H,5-34H2,1-2H3/b49-47-,50-48+. The summed E-state index contributed by atoms with van der Waals surface area (Å²) in [6.07, 6.45) is 39.4. The molecule has 0 saturated carbocycles. The number of unbranched alkanes of at least 4 members (excludes halogenated alkanes) is 26. The summed E-state index contributed by atoms with van der Waals surface area (Å²) in [5, 5.41) is 25.6. The van der Waals surface area contributed by atoms with E-state index in [0.717, 1.165) is 56.6 Å². The van der Waals surface area contributed by atoms with Crippen LogP contribution in [0.4, 0.5) is 0 Å². The second-order valence-electron chi connectivity index (χ2n) is 16.7. The summed E-state index contributed by atoms with van der Waals surface area (Å²) in [5.41, 5.74) is 0.245. The number of benzene rings is 2. The zero-order valence-corrected chi connectivity index (χ0v) is 37.8. The van der Waals surface area contributed by atoms with Gasteiger partial charge in [0.15, 0.2) is 0 Å². The average molecular weight is 815 g/mol. The van der Waals surface area contributed by atoms with Gasteiger partial charge in [-0.05, 0) is 59.4 Å². The van der Waals surface area contributed by atoms with Gasteiger partial charge in [-0.15, -0.1) is 22.7 Å². The summed E-state index contributed by atoms with van der Waals surface area (Å²) < 4.78 is 1.93. The van der Waals surface area contributed by atoms with Crippen molar-refractivity contribution in [3.63, 3.8) is 0 Å². The van der Waals surface area contributed by atoms with E-state index in [1.165, 1.54) is 177 Å². The molecule has 0 aliphatic carbocycles. The molecule has 0 saturated heterocycles. The summed E-state index contributed by atoms with van der Waals surface area (Å²) in [6.45, 7) is 20.3. The molecule has 0 amide bonds. The molecule has 310 valence electrons. The van der Waals surface area contributed by atoms with Crippen molar-refractivity contribution < 1.29 is 0 Å². The molecular formula is C52H70N4S2. The number of rotatable bonds is 30. The normalized spacial score (nSPS) is 12.4. The Kier molecular flexibility index (Phi) is 22.6. The molecule has 4 aromatic rings. The fourth-order valence-corrected chi connectivity index (χ4v) is 11.0. The van der Waals surface area contributed by atoms with Gasteiger partial charge in [0.25, 0.3) is 11.4 Å². The molecule has 0 spiro atoms. The number of thiophene rings is 2. The van der Waals surface area contributed by atoms with Crippen LogP contribution < -0.4 is 10.4 Å². The minimum atomic E-state index is 0.123. The molecule has 0 bridgehead atoms. The molecule has 58 heavy (non-hydrogen) atoms. The molecule has 4 nitrogen and oxygen atoms in total. The number of aryl methyl sites for hydroxylation is 2. The molecule has 6 heteroatoms. The van der Waals surface area contributed by atoms with Gasteiger partial charge >= 0.3 is 0 Å². The van der Waals surface area contributed by atoms with Crippen LogP contribution in [0.25, 0.3) is 52.0 Å². The average Bonchev–Trinajstić information content (AvgIpc) is 3.87. The third-order valence-corrected chi connectivity index (χ3v) is 14.5. The zero-order chi connectivity index (χ0) is 41.2. The predicted molar refractivity (Wildman–Crippen MR) is 253 cm³/mol. The maximum atomic E-state index is 10.0. The van der Waals surface area contributed by atoms with Crippen LogP contribution in [0.2, 0.25) is 0 Å². The lowest BCUT2D eigenvalue weighted by atomic mass is 9.99. The van der Waals surface area contributed by atoms with E-state index in [1.807, 2.05) is 12.1 Å². The van der Waals surface area contributed by atoms with E-state index in [2.05, 4.69) is 47.8 Å². The molecule has 2 heterocycles. The van der Waals surface area contributed by atoms with Crippen LogP contribution >= 0.6 is 22.7 Å². The van der Waals surface area contributed by atoms with Gasteiger partial charge in [-0.25, -0.2) is 20.2 Å². The van der Waals surface area contributed by atoms with Gasteiger partial charge in [0.05, 0.1) is 25.3 Å². The Balaban J connectivity index is 1.40. The monoisotopic (exact) mass is 815 g/mol. The largest absolute Gasteiger partial charge is 0.270 e. The Morgan fingerprint density at radius 1 is 0.431 bits per heavy atom. The van der Waals surface area contributed by atoms with E-state index >= 15 is 0 Å².